The first-order valence-electron chi connectivity index (χ1n) is 5.83. The lowest BCUT2D eigenvalue weighted by atomic mass is 10.1. The highest BCUT2D eigenvalue weighted by atomic mass is 19.2. The van der Waals surface area contributed by atoms with Crippen LogP contribution in [0, 0.1) is 11.6 Å². The third-order valence-corrected chi connectivity index (χ3v) is 3.01. The van der Waals surface area contributed by atoms with E-state index in [2.05, 4.69) is 19.2 Å². The third-order valence-electron chi connectivity index (χ3n) is 3.01. The molecule has 17 heavy (non-hydrogen) atoms. The van der Waals surface area contributed by atoms with E-state index in [0.29, 0.717) is 12.2 Å². The molecule has 1 unspecified atom stereocenters. The molecule has 1 aliphatic heterocycles. The van der Waals surface area contributed by atoms with Gasteiger partial charge in [0.25, 0.3) is 0 Å². The summed E-state index contributed by atoms with van der Waals surface area (Å²) in [6.45, 7) is 4.74. The van der Waals surface area contributed by atoms with Gasteiger partial charge in [-0.3, -0.25) is 0 Å². The second kappa shape index (κ2) is 4.61. The van der Waals surface area contributed by atoms with Crippen LogP contribution < -0.4 is 5.32 Å². The number of anilines is 1. The van der Waals surface area contributed by atoms with E-state index >= 15 is 0 Å². The summed E-state index contributed by atoms with van der Waals surface area (Å²) in [7, 11) is 0. The van der Waals surface area contributed by atoms with Crippen LogP contribution in [0.15, 0.2) is 18.2 Å². The predicted molar refractivity (Wildman–Crippen MR) is 63.0 cm³/mol. The molecule has 0 aromatic heterocycles. The second-order valence-corrected chi connectivity index (χ2v) is 5.05. The molecule has 1 N–H and O–H groups in total. The molecule has 4 heteroatoms. The maximum atomic E-state index is 13.0. The summed E-state index contributed by atoms with van der Waals surface area (Å²) in [4.78, 5) is 0. The Bertz CT molecular complexity index is 406. The van der Waals surface area contributed by atoms with Crippen molar-refractivity contribution in [3.8, 4) is 0 Å². The molecule has 2 rings (SSSR count). The lowest BCUT2D eigenvalue weighted by Crippen LogP contribution is -2.24. The Hall–Kier alpha value is -1.16. The van der Waals surface area contributed by atoms with Gasteiger partial charge in [0.2, 0.25) is 0 Å². The van der Waals surface area contributed by atoms with Crippen molar-refractivity contribution in [2.75, 3.05) is 11.9 Å². The SMILES string of the molecule is CC1(C)CCC(CNc2ccc(F)c(F)c2)O1. The zero-order valence-corrected chi connectivity index (χ0v) is 10.1. The van der Waals surface area contributed by atoms with Gasteiger partial charge in [-0.15, -0.1) is 0 Å². The first-order valence-corrected chi connectivity index (χ1v) is 5.83. The highest BCUT2D eigenvalue weighted by molar-refractivity contribution is 5.43. The zero-order chi connectivity index (χ0) is 12.5. The fourth-order valence-corrected chi connectivity index (χ4v) is 2.06. The van der Waals surface area contributed by atoms with E-state index in [1.54, 1.807) is 0 Å². The van der Waals surface area contributed by atoms with Gasteiger partial charge in [0.15, 0.2) is 11.6 Å². The van der Waals surface area contributed by atoms with Gasteiger partial charge in [-0.05, 0) is 38.8 Å². The number of nitrogens with one attached hydrogen (secondary N) is 1. The number of benzene rings is 1. The number of rotatable bonds is 3. The largest absolute Gasteiger partial charge is 0.382 e. The fourth-order valence-electron chi connectivity index (χ4n) is 2.06. The van der Waals surface area contributed by atoms with Crippen molar-refractivity contribution in [3.05, 3.63) is 29.8 Å². The van der Waals surface area contributed by atoms with Crippen molar-refractivity contribution in [1.29, 1.82) is 0 Å². The van der Waals surface area contributed by atoms with Crippen LogP contribution in [0.2, 0.25) is 0 Å². The molecule has 0 saturated carbocycles. The lowest BCUT2D eigenvalue weighted by molar-refractivity contribution is -0.00911. The Morgan fingerprint density at radius 1 is 1.35 bits per heavy atom. The number of hydrogen-bond acceptors (Lipinski definition) is 2. The minimum Gasteiger partial charge on any atom is -0.382 e. The molecule has 0 aliphatic carbocycles. The summed E-state index contributed by atoms with van der Waals surface area (Å²) < 4.78 is 31.5. The van der Waals surface area contributed by atoms with Gasteiger partial charge in [0, 0.05) is 18.3 Å². The van der Waals surface area contributed by atoms with E-state index in [1.165, 1.54) is 6.07 Å². The van der Waals surface area contributed by atoms with Crippen LogP contribution in [0.3, 0.4) is 0 Å². The summed E-state index contributed by atoms with van der Waals surface area (Å²) >= 11 is 0. The van der Waals surface area contributed by atoms with Crippen LogP contribution in [0.5, 0.6) is 0 Å². The van der Waals surface area contributed by atoms with E-state index in [0.717, 1.165) is 25.0 Å². The van der Waals surface area contributed by atoms with Crippen molar-refractivity contribution in [2.24, 2.45) is 0 Å². The monoisotopic (exact) mass is 241 g/mol. The Labute approximate surface area is 100.0 Å². The second-order valence-electron chi connectivity index (χ2n) is 5.05. The molecule has 1 fully saturated rings. The molecular formula is C13H17F2NO. The normalized spacial score (nSPS) is 22.7. The highest BCUT2D eigenvalue weighted by Gasteiger charge is 2.31. The van der Waals surface area contributed by atoms with E-state index in [4.69, 9.17) is 4.74 Å². The first-order chi connectivity index (χ1) is 7.96. The highest BCUT2D eigenvalue weighted by Crippen LogP contribution is 2.29. The van der Waals surface area contributed by atoms with Gasteiger partial charge in [-0.1, -0.05) is 0 Å². The molecular weight excluding hydrogens is 224 g/mol. The molecule has 94 valence electrons. The van der Waals surface area contributed by atoms with Gasteiger partial charge < -0.3 is 10.1 Å². The summed E-state index contributed by atoms with van der Waals surface area (Å²) in [5.41, 5.74) is 0.512. The minimum atomic E-state index is -0.831. The Morgan fingerprint density at radius 3 is 2.71 bits per heavy atom. The molecule has 0 radical (unpaired) electrons. The van der Waals surface area contributed by atoms with E-state index < -0.39 is 11.6 Å². The summed E-state index contributed by atoms with van der Waals surface area (Å²) in [6, 6.07) is 3.81. The predicted octanol–water partition coefficient (Wildman–Crippen LogP) is 3.33. The summed E-state index contributed by atoms with van der Waals surface area (Å²) in [5.74, 6) is -1.66. The van der Waals surface area contributed by atoms with E-state index in [-0.39, 0.29) is 11.7 Å². The summed E-state index contributed by atoms with van der Waals surface area (Å²) in [5, 5.41) is 3.06. The van der Waals surface area contributed by atoms with Gasteiger partial charge >= 0.3 is 0 Å². The van der Waals surface area contributed by atoms with Crippen LogP contribution >= 0.6 is 0 Å². The van der Waals surface area contributed by atoms with Crippen LogP contribution in [0.4, 0.5) is 14.5 Å². The van der Waals surface area contributed by atoms with Crippen LogP contribution in [0.25, 0.3) is 0 Å². The van der Waals surface area contributed by atoms with Crippen molar-refractivity contribution in [3.63, 3.8) is 0 Å². The van der Waals surface area contributed by atoms with Crippen molar-refractivity contribution >= 4 is 5.69 Å². The average molecular weight is 241 g/mol. The van der Waals surface area contributed by atoms with Crippen molar-refractivity contribution in [1.82, 2.24) is 0 Å². The Morgan fingerprint density at radius 2 is 2.12 bits per heavy atom. The van der Waals surface area contributed by atoms with Gasteiger partial charge in [-0.2, -0.15) is 0 Å². The number of hydrogen-bond donors (Lipinski definition) is 1. The number of ether oxygens (including phenoxy) is 1. The average Bonchev–Trinajstić information content (AvgIpc) is 2.60. The zero-order valence-electron chi connectivity index (χ0n) is 10.1. The first kappa shape index (κ1) is 12.3. The van der Waals surface area contributed by atoms with Crippen molar-refractivity contribution < 1.29 is 13.5 Å². The Kier molecular flexibility index (Phi) is 3.33. The fraction of sp³-hybridized carbons (Fsp3) is 0.538. The molecule has 2 nitrogen and oxygen atoms in total. The summed E-state index contributed by atoms with van der Waals surface area (Å²) in [6.07, 6.45) is 2.15. The standard InChI is InChI=1S/C13H17F2NO/c1-13(2)6-5-10(17-13)8-16-9-3-4-11(14)12(15)7-9/h3-4,7,10,16H,5-6,8H2,1-2H3. The van der Waals surface area contributed by atoms with E-state index in [1.807, 2.05) is 0 Å². The van der Waals surface area contributed by atoms with Gasteiger partial charge in [0.05, 0.1) is 11.7 Å². The minimum absolute atomic E-state index is 0.0691. The van der Waals surface area contributed by atoms with Crippen molar-refractivity contribution in [2.45, 2.75) is 38.4 Å². The Balaban J connectivity index is 1.88. The van der Waals surface area contributed by atoms with Crippen LogP contribution in [0.1, 0.15) is 26.7 Å². The molecule has 1 atom stereocenters. The third kappa shape index (κ3) is 3.16. The molecule has 1 heterocycles. The quantitative estimate of drug-likeness (QED) is 0.876. The molecule has 0 spiro atoms. The van der Waals surface area contributed by atoms with Crippen LogP contribution in [-0.4, -0.2) is 18.2 Å². The molecule has 1 aromatic rings. The number of halogens is 2. The molecule has 1 aromatic carbocycles. The molecule has 1 saturated heterocycles. The lowest BCUT2D eigenvalue weighted by Gasteiger charge is -2.19. The van der Waals surface area contributed by atoms with Crippen LogP contribution in [-0.2, 0) is 4.74 Å². The molecule has 1 aliphatic rings. The maximum Gasteiger partial charge on any atom is 0.160 e. The van der Waals surface area contributed by atoms with E-state index in [9.17, 15) is 8.78 Å². The van der Waals surface area contributed by atoms with Gasteiger partial charge in [-0.25, -0.2) is 8.78 Å². The van der Waals surface area contributed by atoms with Gasteiger partial charge in [0.1, 0.15) is 0 Å². The molecule has 0 bridgehead atoms. The maximum absolute atomic E-state index is 13.0. The smallest absolute Gasteiger partial charge is 0.160 e. The molecule has 0 amide bonds. The topological polar surface area (TPSA) is 21.3 Å².